The van der Waals surface area contributed by atoms with E-state index in [1.54, 1.807) is 60.6 Å². The topological polar surface area (TPSA) is 325 Å². The maximum Gasteiger partial charge on any atom is 0.305 e. The van der Waals surface area contributed by atoms with Crippen LogP contribution >= 0.6 is 11.8 Å². The largest absolute Gasteiger partial charge is 0.469 e. The van der Waals surface area contributed by atoms with E-state index in [0.29, 0.717) is 18.6 Å². The first-order valence-corrected chi connectivity index (χ1v) is 35.3. The van der Waals surface area contributed by atoms with Crippen LogP contribution in [0.2, 0.25) is 0 Å². The molecule has 6 N–H and O–H groups in total. The van der Waals surface area contributed by atoms with E-state index in [0.717, 1.165) is 14.7 Å². The Morgan fingerprint density at radius 3 is 1.47 bits per heavy atom. The number of aliphatic hydroxyl groups excluding tert-OH is 1. The lowest BCUT2D eigenvalue weighted by molar-refractivity contribution is -0.157. The van der Waals surface area contributed by atoms with Gasteiger partial charge >= 0.3 is 5.97 Å². The molecule has 1 heterocycles. The smallest absolute Gasteiger partial charge is 0.305 e. The maximum atomic E-state index is 15.4. The van der Waals surface area contributed by atoms with E-state index in [1.165, 1.54) is 115 Å². The Labute approximate surface area is 577 Å². The average molecular weight is 1380 g/mol. The predicted octanol–water partition coefficient (Wildman–Crippen LogP) is 3.83. The molecule has 0 aromatic rings. The maximum absolute atomic E-state index is 15.4. The number of nitrogens with one attached hydrogen (secondary N) is 4. The van der Waals surface area contributed by atoms with Gasteiger partial charge in [-0.25, -0.2) is 0 Å². The fraction of sp³-hybridized carbons (Fsp3) is 0.797. The second kappa shape index (κ2) is 40.5. The molecule has 0 saturated carbocycles. The van der Waals surface area contributed by atoms with Crippen LogP contribution in [-0.4, -0.2) is 262 Å². The Balaban J connectivity index is 4.57. The van der Waals surface area contributed by atoms with Gasteiger partial charge in [0.2, 0.25) is 65.0 Å². The third-order valence-electron chi connectivity index (χ3n) is 17.8. The summed E-state index contributed by atoms with van der Waals surface area (Å²) in [5, 5.41) is 34.7. The van der Waals surface area contributed by atoms with Gasteiger partial charge in [-0.05, 0) is 121 Å². The minimum absolute atomic E-state index is 0.0617. The van der Waals surface area contributed by atoms with Gasteiger partial charge in [0.15, 0.2) is 0 Å². The van der Waals surface area contributed by atoms with Crippen molar-refractivity contribution in [3.8, 4) is 0 Å². The summed E-state index contributed by atoms with van der Waals surface area (Å²) in [4.78, 5) is 184. The molecule has 26 nitrogen and oxygen atoms in total. The molecular formula is C69H123N11O15S. The number of methoxy groups -OCH3 is 1. The molecule has 0 bridgehead atoms. The molecule has 1 aliphatic heterocycles. The van der Waals surface area contributed by atoms with Crippen LogP contribution in [0.25, 0.3) is 0 Å². The first-order valence-electron chi connectivity index (χ1n) is 34.1. The number of aliphatic hydroxyl groups is 2. The van der Waals surface area contributed by atoms with Gasteiger partial charge in [-0.15, -0.1) is 0 Å². The summed E-state index contributed by atoms with van der Waals surface area (Å²) in [7, 11) is 11.0. The number of allylic oxidation sites excluding steroid dienone is 2. The third-order valence-corrected chi connectivity index (χ3v) is 18.9. The molecule has 1 aliphatic rings. The van der Waals surface area contributed by atoms with Gasteiger partial charge in [0.1, 0.15) is 66.5 Å². The monoisotopic (exact) mass is 1380 g/mol. The molecule has 11 amide bonds. The van der Waals surface area contributed by atoms with Gasteiger partial charge < -0.3 is 70.5 Å². The zero-order valence-electron chi connectivity index (χ0n) is 62.6. The lowest BCUT2D eigenvalue weighted by Crippen LogP contribution is -2.64. The van der Waals surface area contributed by atoms with Crippen LogP contribution in [0.1, 0.15) is 175 Å². The molecule has 0 spiro atoms. The molecule has 0 aromatic carbocycles. The van der Waals surface area contributed by atoms with Crippen LogP contribution in [0.15, 0.2) is 12.2 Å². The number of ether oxygens (including phenoxy) is 1. The van der Waals surface area contributed by atoms with Crippen molar-refractivity contribution in [1.29, 1.82) is 0 Å². The lowest BCUT2D eigenvalue weighted by atomic mass is 9.91. The van der Waals surface area contributed by atoms with Gasteiger partial charge in [-0.1, -0.05) is 95.2 Å². The lowest BCUT2D eigenvalue weighted by Gasteiger charge is -2.41. The zero-order chi connectivity index (χ0) is 74.3. The third kappa shape index (κ3) is 25.8. The van der Waals surface area contributed by atoms with Crippen molar-refractivity contribution in [3.05, 3.63) is 12.2 Å². The van der Waals surface area contributed by atoms with Crippen molar-refractivity contribution in [1.82, 2.24) is 55.6 Å². The molecule has 1 fully saturated rings. The highest BCUT2D eigenvalue weighted by molar-refractivity contribution is 7.99. The number of carbonyl (C=O) groups excluding carboxylic acids is 12. The number of thioether (sulfide) groups is 1. The molecule has 0 aliphatic carbocycles. The number of nitrogens with zero attached hydrogens (tertiary/aromatic N) is 7. The summed E-state index contributed by atoms with van der Waals surface area (Å²) < 4.78 is 4.80. The Morgan fingerprint density at radius 2 is 0.990 bits per heavy atom. The molecule has 1 rings (SSSR count). The average Bonchev–Trinajstić information content (AvgIpc) is 0.852. The number of hydrogen-bond acceptors (Lipinski definition) is 16. The van der Waals surface area contributed by atoms with E-state index in [4.69, 9.17) is 4.74 Å². The molecule has 0 radical (unpaired) electrons. The quantitative estimate of drug-likeness (QED) is 0.0510. The van der Waals surface area contributed by atoms with E-state index in [9.17, 15) is 39.0 Å². The van der Waals surface area contributed by atoms with Crippen molar-refractivity contribution in [2.75, 3.05) is 67.9 Å². The van der Waals surface area contributed by atoms with E-state index in [-0.39, 0.29) is 68.5 Å². The molecule has 27 heteroatoms. The van der Waals surface area contributed by atoms with Crippen molar-refractivity contribution < 1.29 is 72.5 Å². The first-order chi connectivity index (χ1) is 44.4. The number of unbranched alkanes of at least 4 members (excludes halogenated alkanes) is 1. The van der Waals surface area contributed by atoms with E-state index >= 15 is 28.8 Å². The van der Waals surface area contributed by atoms with Gasteiger partial charge in [0, 0.05) is 67.9 Å². The minimum Gasteiger partial charge on any atom is -0.469 e. The first kappa shape index (κ1) is 87.7. The second-order valence-corrected chi connectivity index (χ2v) is 30.0. The van der Waals surface area contributed by atoms with Crippen LogP contribution in [0.5, 0.6) is 0 Å². The van der Waals surface area contributed by atoms with Crippen LogP contribution in [0, 0.1) is 35.5 Å². The predicted molar refractivity (Wildman–Crippen MR) is 372 cm³/mol. The summed E-state index contributed by atoms with van der Waals surface area (Å²) in [6, 6.07) is -14.7. The number of likely N-dealkylation sites (N-methyl/N-ethyl adjacent to an activating group) is 7. The Morgan fingerprint density at radius 1 is 0.542 bits per heavy atom. The summed E-state index contributed by atoms with van der Waals surface area (Å²) >= 11 is 1.28. The Hall–Kier alpha value is -6.35. The molecular weight excluding hydrogens is 1250 g/mol. The van der Waals surface area contributed by atoms with Gasteiger partial charge in [-0.2, -0.15) is 11.8 Å². The highest BCUT2D eigenvalue weighted by Gasteiger charge is 2.47. The Kier molecular flexibility index (Phi) is 37.0. The van der Waals surface area contributed by atoms with E-state index in [2.05, 4.69) is 21.3 Å². The molecule has 0 aromatic heterocycles. The molecule has 13 atom stereocenters. The van der Waals surface area contributed by atoms with Crippen molar-refractivity contribution in [3.63, 3.8) is 0 Å². The molecule has 550 valence electrons. The van der Waals surface area contributed by atoms with Gasteiger partial charge in [-0.3, -0.25) is 57.5 Å². The second-order valence-electron chi connectivity index (χ2n) is 28.8. The zero-order valence-corrected chi connectivity index (χ0v) is 63.4. The number of hydrogen-bond donors (Lipinski definition) is 6. The van der Waals surface area contributed by atoms with Crippen molar-refractivity contribution in [2.45, 2.75) is 254 Å². The Bertz CT molecular complexity index is 2650. The highest BCUT2D eigenvalue weighted by Crippen LogP contribution is 2.27. The van der Waals surface area contributed by atoms with Crippen LogP contribution in [0.4, 0.5) is 0 Å². The summed E-state index contributed by atoms with van der Waals surface area (Å²) in [5.74, 6) is -10.7. The minimum atomic E-state index is -1.69. The van der Waals surface area contributed by atoms with E-state index in [1.807, 2.05) is 41.5 Å². The standard InChI is InChI=1S/C69H123N11O15S/c1-26-28-31-44(13)57(82)56-61(86)72-47(27-2)63(88)78(22)52(38-96-33-30-29-32-53(81)95-25)66(91)77(21)51(37-69(16,17)94)60(85)73-54(42(9)10)67(92)74(18)48(34-39(3)4)59(84)70-45(14)58(83)71-46(15)62(87)75(19)49(35-40(5)6)64(89)76(20)50(36-41(7)8)65(90)79(23)55(43(11)12)68(93)80(56)24/h26,28,39-52,54-57,82,94H,27,29-38H2,1-25H3,(H,70,84)(H,71,83)(H,72,86)(H,73,85)/b28-26+/t44-,45+,46-,47+,48+,49+,50+,51+,52-,54+,55+,56+,57-/m1/s1. The number of esters is 1. The van der Waals surface area contributed by atoms with Crippen LogP contribution in [-0.2, 0) is 62.3 Å². The molecule has 1 saturated heterocycles. The SMILES string of the molecule is C/C=C/C[C@@H](C)[C@@H](O)[C@H]1C(=O)N[C@@H](CC)C(=O)N(C)[C@H](CSCCCCC(=O)OC)C(=O)N(C)[C@@H](CC(C)(C)O)C(=O)N[C@@H](C(C)C)C(=O)N(C)[C@@H](CC(C)C)C(=O)N[C@@H](C)C(=O)N[C@H](C)C(=O)N(C)[C@@H](CC(C)C)C(=O)N(C)[C@@H](CC(C)C)C(=O)N(C)[C@@H](C(C)C)C(=O)N1C. The van der Waals surface area contributed by atoms with Crippen LogP contribution in [0.3, 0.4) is 0 Å². The van der Waals surface area contributed by atoms with E-state index < -0.39 is 167 Å². The van der Waals surface area contributed by atoms with Crippen LogP contribution < -0.4 is 21.3 Å². The number of carbonyl (C=O) groups is 12. The number of amides is 11. The fourth-order valence-electron chi connectivity index (χ4n) is 11.7. The summed E-state index contributed by atoms with van der Waals surface area (Å²) in [5.41, 5.74) is -1.62. The summed E-state index contributed by atoms with van der Waals surface area (Å²) in [6.07, 6.45) is 3.28. The molecule has 0 unspecified atom stereocenters. The van der Waals surface area contributed by atoms with Gasteiger partial charge in [0.05, 0.1) is 18.8 Å². The number of rotatable bonds is 22. The van der Waals surface area contributed by atoms with Crippen molar-refractivity contribution >= 4 is 82.7 Å². The molecule has 96 heavy (non-hydrogen) atoms. The normalized spacial score (nSPS) is 26.0. The highest BCUT2D eigenvalue weighted by atomic mass is 32.2. The van der Waals surface area contributed by atoms with Gasteiger partial charge in [0.25, 0.3) is 0 Å². The van der Waals surface area contributed by atoms with Crippen molar-refractivity contribution in [2.24, 2.45) is 35.5 Å². The summed E-state index contributed by atoms with van der Waals surface area (Å²) in [6.45, 7) is 28.7. The fourth-order valence-corrected chi connectivity index (χ4v) is 12.9.